The lowest BCUT2D eigenvalue weighted by molar-refractivity contribution is 0.0983. The van der Waals surface area contributed by atoms with Crippen molar-refractivity contribution in [2.75, 3.05) is 0 Å². The number of carbonyl (C=O) groups excluding carboxylic acids is 1. The van der Waals surface area contributed by atoms with Crippen LogP contribution < -0.4 is 0 Å². The first-order chi connectivity index (χ1) is 4.74. The van der Waals surface area contributed by atoms with Gasteiger partial charge in [-0.25, -0.2) is 0 Å². The quantitative estimate of drug-likeness (QED) is 0.594. The minimum Gasteiger partial charge on any atom is -0.492 e. The molecule has 0 fully saturated rings. The topological polar surface area (TPSA) is 66.0 Å². The molecule has 0 aromatic carbocycles. The maximum absolute atomic E-state index is 10.8. The van der Waals surface area contributed by atoms with Gasteiger partial charge in [0.05, 0.1) is 0 Å². The number of carbonyl (C=O) groups is 1. The number of H-pyrrole nitrogens is 1. The van der Waals surface area contributed by atoms with E-state index >= 15 is 0 Å². The molecule has 4 nitrogen and oxygen atoms in total. The first-order valence-electron chi connectivity index (χ1n) is 3.01. The second-order valence-corrected chi connectivity index (χ2v) is 1.92. The Morgan fingerprint density at radius 2 is 2.60 bits per heavy atom. The molecule has 0 spiro atoms. The Balaban J connectivity index is 2.85. The van der Waals surface area contributed by atoms with E-state index in [0.29, 0.717) is 12.1 Å². The Kier molecular flexibility index (Phi) is 1.71. The van der Waals surface area contributed by atoms with Gasteiger partial charge in [-0.3, -0.25) is 9.89 Å². The number of rotatable bonds is 2. The molecule has 4 heteroatoms. The highest BCUT2D eigenvalue weighted by molar-refractivity contribution is 5.94. The van der Waals surface area contributed by atoms with Crippen LogP contribution in [0, 0.1) is 0 Å². The van der Waals surface area contributed by atoms with E-state index in [9.17, 15) is 4.79 Å². The lowest BCUT2D eigenvalue weighted by atomic mass is 10.2. The molecule has 0 aliphatic heterocycles. The summed E-state index contributed by atoms with van der Waals surface area (Å²) < 4.78 is 0. The SMILES string of the molecule is CCC(=O)c1cc(O)n[nH]1. The van der Waals surface area contributed by atoms with Crippen molar-refractivity contribution in [1.29, 1.82) is 0 Å². The molecule has 54 valence electrons. The lowest BCUT2D eigenvalue weighted by Crippen LogP contribution is -1.95. The number of aromatic hydroxyl groups is 1. The van der Waals surface area contributed by atoms with Crippen molar-refractivity contribution in [3.05, 3.63) is 11.8 Å². The summed E-state index contributed by atoms with van der Waals surface area (Å²) >= 11 is 0. The molecular formula is C6H8N2O2. The fourth-order valence-electron chi connectivity index (χ4n) is 0.644. The Morgan fingerprint density at radius 3 is 3.00 bits per heavy atom. The zero-order valence-corrected chi connectivity index (χ0v) is 5.59. The summed E-state index contributed by atoms with van der Waals surface area (Å²) in [5.41, 5.74) is 0.361. The van der Waals surface area contributed by atoms with E-state index in [2.05, 4.69) is 10.2 Å². The van der Waals surface area contributed by atoms with E-state index in [1.165, 1.54) is 6.07 Å². The minimum absolute atomic E-state index is 0.0483. The highest BCUT2D eigenvalue weighted by Crippen LogP contribution is 2.06. The molecule has 0 aliphatic rings. The van der Waals surface area contributed by atoms with E-state index in [-0.39, 0.29) is 11.7 Å². The molecule has 1 aromatic rings. The average Bonchev–Trinajstić information content (AvgIpc) is 2.34. The number of nitrogens with one attached hydrogen (secondary N) is 1. The summed E-state index contributed by atoms with van der Waals surface area (Å²) in [4.78, 5) is 10.8. The van der Waals surface area contributed by atoms with Gasteiger partial charge in [-0.05, 0) is 0 Å². The van der Waals surface area contributed by atoms with E-state index in [1.54, 1.807) is 6.92 Å². The van der Waals surface area contributed by atoms with Gasteiger partial charge in [0.15, 0.2) is 5.78 Å². The van der Waals surface area contributed by atoms with E-state index in [0.717, 1.165) is 0 Å². The minimum atomic E-state index is -0.142. The molecule has 10 heavy (non-hydrogen) atoms. The maximum Gasteiger partial charge on any atom is 0.230 e. The fourth-order valence-corrected chi connectivity index (χ4v) is 0.644. The zero-order valence-electron chi connectivity index (χ0n) is 5.59. The fraction of sp³-hybridized carbons (Fsp3) is 0.333. The number of ketones is 1. The number of hydrogen-bond acceptors (Lipinski definition) is 3. The molecule has 0 bridgehead atoms. The van der Waals surface area contributed by atoms with Gasteiger partial charge in [-0.15, -0.1) is 5.10 Å². The molecule has 0 unspecified atom stereocenters. The molecule has 0 saturated heterocycles. The normalized spacial score (nSPS) is 9.70. The summed E-state index contributed by atoms with van der Waals surface area (Å²) in [6.45, 7) is 1.75. The van der Waals surface area contributed by atoms with Gasteiger partial charge in [0.25, 0.3) is 0 Å². The number of Topliss-reactive ketones (excluding diaryl/α,β-unsaturated/α-hetero) is 1. The van der Waals surface area contributed by atoms with Gasteiger partial charge in [-0.2, -0.15) is 0 Å². The maximum atomic E-state index is 10.8. The van der Waals surface area contributed by atoms with Crippen LogP contribution in [-0.2, 0) is 0 Å². The number of aromatic amines is 1. The van der Waals surface area contributed by atoms with Crippen LogP contribution in [-0.4, -0.2) is 21.1 Å². The zero-order chi connectivity index (χ0) is 7.56. The summed E-state index contributed by atoms with van der Waals surface area (Å²) in [7, 11) is 0. The van der Waals surface area contributed by atoms with Crippen molar-refractivity contribution in [3.63, 3.8) is 0 Å². The van der Waals surface area contributed by atoms with Gasteiger partial charge < -0.3 is 5.11 Å². The molecule has 1 rings (SSSR count). The van der Waals surface area contributed by atoms with Crippen molar-refractivity contribution in [1.82, 2.24) is 10.2 Å². The summed E-state index contributed by atoms with van der Waals surface area (Å²) in [6.07, 6.45) is 0.418. The standard InChI is InChI=1S/C6H8N2O2/c1-2-5(9)4-3-6(10)8-7-4/h3H,2H2,1H3,(H2,7,8,10). The van der Waals surface area contributed by atoms with E-state index in [1.807, 2.05) is 0 Å². The molecule has 1 heterocycles. The van der Waals surface area contributed by atoms with Crippen LogP contribution in [0.3, 0.4) is 0 Å². The van der Waals surface area contributed by atoms with Gasteiger partial charge in [0.1, 0.15) is 5.69 Å². The Hall–Kier alpha value is -1.32. The van der Waals surface area contributed by atoms with Crippen molar-refractivity contribution < 1.29 is 9.90 Å². The van der Waals surface area contributed by atoms with Gasteiger partial charge >= 0.3 is 0 Å². The number of hydrogen-bond donors (Lipinski definition) is 2. The molecule has 2 N–H and O–H groups in total. The molecule has 0 amide bonds. The number of aromatic nitrogens is 2. The van der Waals surface area contributed by atoms with Crippen LogP contribution in [0.4, 0.5) is 0 Å². The van der Waals surface area contributed by atoms with Crippen LogP contribution in [0.15, 0.2) is 6.07 Å². The van der Waals surface area contributed by atoms with Crippen molar-refractivity contribution in [3.8, 4) is 5.88 Å². The largest absolute Gasteiger partial charge is 0.492 e. The third-order valence-corrected chi connectivity index (χ3v) is 1.19. The van der Waals surface area contributed by atoms with Crippen molar-refractivity contribution in [2.24, 2.45) is 0 Å². The Morgan fingerprint density at radius 1 is 1.90 bits per heavy atom. The third-order valence-electron chi connectivity index (χ3n) is 1.19. The van der Waals surface area contributed by atoms with Crippen LogP contribution >= 0.6 is 0 Å². The monoisotopic (exact) mass is 140 g/mol. The first-order valence-corrected chi connectivity index (χ1v) is 3.01. The molecule has 0 radical (unpaired) electrons. The van der Waals surface area contributed by atoms with Crippen molar-refractivity contribution >= 4 is 5.78 Å². The predicted molar refractivity (Wildman–Crippen MR) is 34.9 cm³/mol. The number of nitrogens with zero attached hydrogens (tertiary/aromatic N) is 1. The predicted octanol–water partition coefficient (Wildman–Crippen LogP) is 0.708. The molecule has 0 saturated carbocycles. The van der Waals surface area contributed by atoms with Crippen LogP contribution in [0.1, 0.15) is 23.8 Å². The third kappa shape index (κ3) is 1.15. The molecule has 0 aliphatic carbocycles. The average molecular weight is 140 g/mol. The summed E-state index contributed by atoms with van der Waals surface area (Å²) in [5, 5.41) is 14.5. The smallest absolute Gasteiger partial charge is 0.230 e. The molecule has 1 aromatic heterocycles. The Labute approximate surface area is 57.9 Å². The van der Waals surface area contributed by atoms with E-state index in [4.69, 9.17) is 5.11 Å². The van der Waals surface area contributed by atoms with Crippen LogP contribution in [0.5, 0.6) is 5.88 Å². The van der Waals surface area contributed by atoms with Crippen LogP contribution in [0.25, 0.3) is 0 Å². The van der Waals surface area contributed by atoms with Gasteiger partial charge in [0.2, 0.25) is 5.88 Å². The second kappa shape index (κ2) is 2.51. The summed E-state index contributed by atoms with van der Waals surface area (Å²) in [6, 6.07) is 1.31. The highest BCUT2D eigenvalue weighted by Gasteiger charge is 2.05. The second-order valence-electron chi connectivity index (χ2n) is 1.92. The van der Waals surface area contributed by atoms with Gasteiger partial charge in [-0.1, -0.05) is 6.92 Å². The van der Waals surface area contributed by atoms with Crippen LogP contribution in [0.2, 0.25) is 0 Å². The first kappa shape index (κ1) is 6.80. The summed E-state index contributed by atoms with van der Waals surface area (Å²) in [5.74, 6) is -0.190. The van der Waals surface area contributed by atoms with Crippen molar-refractivity contribution in [2.45, 2.75) is 13.3 Å². The van der Waals surface area contributed by atoms with E-state index < -0.39 is 0 Å². The molecule has 0 atom stereocenters. The Bertz CT molecular complexity index is 242. The highest BCUT2D eigenvalue weighted by atomic mass is 16.3. The van der Waals surface area contributed by atoms with Gasteiger partial charge in [0, 0.05) is 12.5 Å². The molecular weight excluding hydrogens is 132 g/mol. The lowest BCUT2D eigenvalue weighted by Gasteiger charge is -1.86.